The number of pyridine rings is 1. The summed E-state index contributed by atoms with van der Waals surface area (Å²) in [5.41, 5.74) is 0.786. The van der Waals surface area contributed by atoms with E-state index in [9.17, 15) is 24.6 Å². The number of piperidine rings is 2. The summed E-state index contributed by atoms with van der Waals surface area (Å²) in [4.78, 5) is 44.6. The van der Waals surface area contributed by atoms with Crippen LogP contribution in [0.25, 0.3) is 0 Å². The topological polar surface area (TPSA) is 123 Å². The molecule has 5 rings (SSSR count). The zero-order valence-electron chi connectivity index (χ0n) is 18.1. The van der Waals surface area contributed by atoms with E-state index in [-0.39, 0.29) is 31.2 Å². The Hall–Kier alpha value is -3.14. The summed E-state index contributed by atoms with van der Waals surface area (Å²) >= 11 is 0. The molecule has 0 aliphatic carbocycles. The molecule has 3 N–H and O–H groups in total. The number of imide groups is 1. The highest BCUT2D eigenvalue weighted by Gasteiger charge is 2.45. The maximum atomic E-state index is 12.9. The molecule has 3 aliphatic rings. The second-order valence-corrected chi connectivity index (χ2v) is 9.00. The van der Waals surface area contributed by atoms with E-state index in [4.69, 9.17) is 0 Å². The summed E-state index contributed by atoms with van der Waals surface area (Å²) in [5, 5.41) is 24.5. The van der Waals surface area contributed by atoms with Gasteiger partial charge >= 0.3 is 0 Å². The van der Waals surface area contributed by atoms with Gasteiger partial charge in [-0.2, -0.15) is 0 Å². The molecule has 3 aliphatic heterocycles. The third kappa shape index (κ3) is 3.92. The lowest BCUT2D eigenvalue weighted by molar-refractivity contribution is -0.136. The van der Waals surface area contributed by atoms with Crippen LogP contribution in [-0.2, 0) is 28.3 Å². The number of nitrogens with zero attached hydrogens (tertiary/aromatic N) is 3. The smallest absolute Gasteiger partial charge is 0.256 e. The summed E-state index contributed by atoms with van der Waals surface area (Å²) in [5.74, 6) is -1.13. The molecule has 1 aromatic carbocycles. The minimum Gasteiger partial charge on any atom is -0.388 e. The van der Waals surface area contributed by atoms with Crippen LogP contribution in [0.3, 0.4) is 0 Å². The fourth-order valence-electron chi connectivity index (χ4n) is 4.94. The Morgan fingerprint density at radius 3 is 2.64 bits per heavy atom. The fraction of sp³-hybridized carbons (Fsp3) is 0.417. The predicted octanol–water partition coefficient (Wildman–Crippen LogP) is 0.297. The Morgan fingerprint density at radius 2 is 1.91 bits per heavy atom. The minimum atomic E-state index is -1.52. The van der Waals surface area contributed by atoms with Gasteiger partial charge in [0.15, 0.2) is 0 Å². The Balaban J connectivity index is 1.31. The first-order valence-electron chi connectivity index (χ1n) is 11.2. The Kier molecular flexibility index (Phi) is 5.48. The average molecular weight is 450 g/mol. The molecule has 2 fully saturated rings. The van der Waals surface area contributed by atoms with Crippen LogP contribution in [0.5, 0.6) is 0 Å². The van der Waals surface area contributed by atoms with E-state index in [1.807, 2.05) is 30.3 Å². The minimum absolute atomic E-state index is 0.126. The van der Waals surface area contributed by atoms with E-state index in [2.05, 4.69) is 15.2 Å². The number of β-amino-alcohol motifs (C(OH)–C–C–N with tert-alkyl or cyclic N) is 1. The van der Waals surface area contributed by atoms with Gasteiger partial charge < -0.3 is 15.1 Å². The Morgan fingerprint density at radius 1 is 1.12 bits per heavy atom. The zero-order chi connectivity index (χ0) is 23.2. The normalized spacial score (nSPS) is 28.1. The first-order chi connectivity index (χ1) is 15.8. The highest BCUT2D eigenvalue weighted by molar-refractivity contribution is 6.05. The van der Waals surface area contributed by atoms with Gasteiger partial charge in [0, 0.05) is 26.1 Å². The molecule has 9 heteroatoms. The van der Waals surface area contributed by atoms with Crippen LogP contribution in [0.4, 0.5) is 0 Å². The van der Waals surface area contributed by atoms with Gasteiger partial charge in [0.05, 0.1) is 23.5 Å². The molecule has 2 aromatic rings. The first-order valence-corrected chi connectivity index (χ1v) is 11.2. The highest BCUT2D eigenvalue weighted by atomic mass is 16.3. The molecule has 9 nitrogen and oxygen atoms in total. The summed E-state index contributed by atoms with van der Waals surface area (Å²) in [6.07, 6.45) is -0.279. The SMILES string of the molecule is O=C1CCC(N2Cc3nc([C@]4(O)CCN(Cc5ccccc5)C[C@H]4O)ccc3C2=O)C(=O)N1. The number of nitrogens with one attached hydrogen (secondary N) is 1. The molecule has 1 unspecified atom stereocenters. The van der Waals surface area contributed by atoms with Crippen molar-refractivity contribution < 1.29 is 24.6 Å². The number of carbonyl (C=O) groups is 3. The van der Waals surface area contributed by atoms with Crippen molar-refractivity contribution in [3.05, 3.63) is 65.0 Å². The van der Waals surface area contributed by atoms with Crippen LogP contribution >= 0.6 is 0 Å². The van der Waals surface area contributed by atoms with Crippen LogP contribution in [0, 0.1) is 0 Å². The fourth-order valence-corrected chi connectivity index (χ4v) is 4.94. The van der Waals surface area contributed by atoms with E-state index in [1.54, 1.807) is 12.1 Å². The van der Waals surface area contributed by atoms with Crippen molar-refractivity contribution in [2.75, 3.05) is 13.1 Å². The maximum absolute atomic E-state index is 12.9. The number of rotatable bonds is 4. The van der Waals surface area contributed by atoms with Crippen LogP contribution < -0.4 is 5.32 Å². The van der Waals surface area contributed by atoms with Crippen LogP contribution in [0.2, 0.25) is 0 Å². The van der Waals surface area contributed by atoms with E-state index in [0.29, 0.717) is 43.0 Å². The summed E-state index contributed by atoms with van der Waals surface area (Å²) < 4.78 is 0. The van der Waals surface area contributed by atoms with Crippen LogP contribution in [0.1, 0.15) is 46.6 Å². The van der Waals surface area contributed by atoms with Crippen molar-refractivity contribution in [1.29, 1.82) is 0 Å². The number of likely N-dealkylation sites (tertiary alicyclic amines) is 1. The monoisotopic (exact) mass is 450 g/mol. The summed E-state index contributed by atoms with van der Waals surface area (Å²) in [6, 6.07) is 12.4. The van der Waals surface area contributed by atoms with Gasteiger partial charge in [-0.3, -0.25) is 29.6 Å². The lowest BCUT2D eigenvalue weighted by Gasteiger charge is -2.41. The predicted molar refractivity (Wildman–Crippen MR) is 117 cm³/mol. The average Bonchev–Trinajstić information content (AvgIpc) is 3.13. The molecular formula is C24H26N4O5. The molecule has 3 atom stereocenters. The number of carbonyl (C=O) groups excluding carboxylic acids is 3. The number of amides is 3. The Bertz CT molecular complexity index is 1110. The molecule has 33 heavy (non-hydrogen) atoms. The largest absolute Gasteiger partial charge is 0.388 e. The van der Waals surface area contributed by atoms with Crippen LogP contribution in [-0.4, -0.2) is 68.0 Å². The Labute approximate surface area is 191 Å². The van der Waals surface area contributed by atoms with Crippen molar-refractivity contribution in [3.63, 3.8) is 0 Å². The van der Waals surface area contributed by atoms with E-state index >= 15 is 0 Å². The van der Waals surface area contributed by atoms with Gasteiger partial charge in [-0.05, 0) is 30.5 Å². The quantitative estimate of drug-likeness (QED) is 0.573. The molecule has 0 spiro atoms. The summed E-state index contributed by atoms with van der Waals surface area (Å²) in [7, 11) is 0. The van der Waals surface area contributed by atoms with Gasteiger partial charge in [-0.1, -0.05) is 30.3 Å². The zero-order valence-corrected chi connectivity index (χ0v) is 18.1. The number of aliphatic hydroxyl groups excluding tert-OH is 1. The molecule has 0 radical (unpaired) electrons. The maximum Gasteiger partial charge on any atom is 0.256 e. The number of hydrogen-bond acceptors (Lipinski definition) is 7. The first kappa shape index (κ1) is 21.7. The second kappa shape index (κ2) is 8.33. The molecular weight excluding hydrogens is 424 g/mol. The number of aromatic nitrogens is 1. The molecule has 0 saturated carbocycles. The highest BCUT2D eigenvalue weighted by Crippen LogP contribution is 2.35. The molecule has 3 amide bonds. The molecule has 172 valence electrons. The van der Waals surface area contributed by atoms with Crippen molar-refractivity contribution in [1.82, 2.24) is 20.1 Å². The van der Waals surface area contributed by atoms with Gasteiger partial charge in [0.2, 0.25) is 11.8 Å². The van der Waals surface area contributed by atoms with Crippen molar-refractivity contribution in [2.45, 2.75) is 50.1 Å². The summed E-state index contributed by atoms with van der Waals surface area (Å²) in [6.45, 7) is 1.69. The van der Waals surface area contributed by atoms with E-state index in [1.165, 1.54) is 4.90 Å². The van der Waals surface area contributed by atoms with Crippen molar-refractivity contribution in [2.24, 2.45) is 0 Å². The number of aliphatic hydroxyl groups is 2. The van der Waals surface area contributed by atoms with E-state index < -0.39 is 23.7 Å². The molecule has 1 aromatic heterocycles. The van der Waals surface area contributed by atoms with Gasteiger partial charge in [-0.25, -0.2) is 0 Å². The lowest BCUT2D eigenvalue weighted by Crippen LogP contribution is -2.53. The van der Waals surface area contributed by atoms with Gasteiger partial charge in [0.25, 0.3) is 5.91 Å². The van der Waals surface area contributed by atoms with Gasteiger partial charge in [-0.15, -0.1) is 0 Å². The second-order valence-electron chi connectivity index (χ2n) is 9.00. The van der Waals surface area contributed by atoms with Crippen molar-refractivity contribution >= 4 is 17.7 Å². The van der Waals surface area contributed by atoms with E-state index in [0.717, 1.165) is 5.56 Å². The third-order valence-corrected chi connectivity index (χ3v) is 6.86. The lowest BCUT2D eigenvalue weighted by atomic mass is 9.84. The number of benzene rings is 1. The van der Waals surface area contributed by atoms with Crippen molar-refractivity contribution in [3.8, 4) is 0 Å². The third-order valence-electron chi connectivity index (χ3n) is 6.86. The molecule has 4 heterocycles. The van der Waals surface area contributed by atoms with Gasteiger partial charge in [0.1, 0.15) is 17.7 Å². The number of hydrogen-bond donors (Lipinski definition) is 3. The standard InChI is InChI=1S/C24H26N4O5/c29-20-14-27(12-15-4-2-1-3-5-15)11-10-24(20,33)19-8-6-16-17(25-19)13-28(23(16)32)18-7-9-21(30)26-22(18)31/h1-6,8,18,20,29,33H,7,9-14H2,(H,26,30,31)/t18?,20-,24-/m1/s1. The molecule has 2 saturated heterocycles. The number of fused-ring (bicyclic) bond motifs is 1. The van der Waals surface area contributed by atoms with Crippen LogP contribution in [0.15, 0.2) is 42.5 Å². The molecule has 0 bridgehead atoms.